The highest BCUT2D eigenvalue weighted by Crippen LogP contribution is 2.66. The minimum atomic E-state index is -0.0550. The third-order valence-electron chi connectivity index (χ3n) is 10.6. The van der Waals surface area contributed by atoms with Gasteiger partial charge in [-0.25, -0.2) is 0 Å². The number of aliphatic hydroxyl groups is 1. The third-order valence-corrected chi connectivity index (χ3v) is 10.6. The average Bonchev–Trinajstić information content (AvgIpc) is 3.05. The molecular weight excluding hydrogens is 364 g/mol. The summed E-state index contributed by atoms with van der Waals surface area (Å²) in [6, 6.07) is 0. The van der Waals surface area contributed by atoms with E-state index < -0.39 is 0 Å². The summed E-state index contributed by atoms with van der Waals surface area (Å²) in [6.07, 6.45) is 13.6. The fourth-order valence-electron chi connectivity index (χ4n) is 8.07. The standard InChI is InChI=1S/C29H46O/c1-19(2)20(3)8-7-9-21(4)25-12-13-26-24-11-10-22-18-23(30)14-16-28(22,5)27(24)15-17-29(25,26)6/h11,19-23,25-27,30H,8,10,12-18H2,1-6H3/t20?,21-,22+,23+,25-,26+,27+,28+,29-/m1/s1. The fraction of sp³-hybridized carbons (Fsp3) is 0.862. The minimum Gasteiger partial charge on any atom is -0.393 e. The van der Waals surface area contributed by atoms with Crippen LogP contribution in [-0.4, -0.2) is 11.2 Å². The molecule has 0 saturated heterocycles. The second-order valence-corrected chi connectivity index (χ2v) is 12.4. The van der Waals surface area contributed by atoms with Gasteiger partial charge in [0.2, 0.25) is 0 Å². The summed E-state index contributed by atoms with van der Waals surface area (Å²) in [5.74, 6) is 12.2. The molecule has 4 aliphatic carbocycles. The first-order chi connectivity index (χ1) is 14.2. The predicted molar refractivity (Wildman–Crippen MR) is 127 cm³/mol. The second-order valence-electron chi connectivity index (χ2n) is 12.4. The Labute approximate surface area is 186 Å². The molecule has 1 heteroatoms. The van der Waals surface area contributed by atoms with Gasteiger partial charge in [0.05, 0.1) is 6.10 Å². The molecular formula is C29H46O. The summed E-state index contributed by atoms with van der Waals surface area (Å²) in [5, 5.41) is 10.2. The Morgan fingerprint density at radius 1 is 1.00 bits per heavy atom. The van der Waals surface area contributed by atoms with Crippen molar-refractivity contribution in [2.24, 2.45) is 52.3 Å². The number of fused-ring (bicyclic) bond motifs is 5. The summed E-state index contributed by atoms with van der Waals surface area (Å²) in [5.41, 5.74) is 2.70. The van der Waals surface area contributed by atoms with Crippen molar-refractivity contribution in [1.29, 1.82) is 0 Å². The second kappa shape index (κ2) is 8.31. The molecule has 1 N–H and O–H groups in total. The highest BCUT2D eigenvalue weighted by Gasteiger charge is 2.58. The monoisotopic (exact) mass is 410 g/mol. The van der Waals surface area contributed by atoms with E-state index in [4.69, 9.17) is 0 Å². The quantitative estimate of drug-likeness (QED) is 0.384. The van der Waals surface area contributed by atoms with Crippen molar-refractivity contribution in [2.45, 2.75) is 105 Å². The molecule has 30 heavy (non-hydrogen) atoms. The lowest BCUT2D eigenvalue weighted by molar-refractivity contribution is -0.0412. The van der Waals surface area contributed by atoms with Crippen molar-refractivity contribution >= 4 is 0 Å². The highest BCUT2D eigenvalue weighted by atomic mass is 16.3. The molecule has 4 aliphatic rings. The normalized spacial score (nSPS) is 44.8. The maximum absolute atomic E-state index is 10.2. The SMILES string of the molecule is CC(C)C(C)CC#C[C@@H](C)[C@H]1CC[C@H]2C3=CC[C@H]4C[C@@H](O)CC[C@]4(C)[C@H]3CC[C@]12C. The van der Waals surface area contributed by atoms with Crippen molar-refractivity contribution in [2.75, 3.05) is 0 Å². The third kappa shape index (κ3) is 3.70. The van der Waals surface area contributed by atoms with Crippen molar-refractivity contribution in [1.82, 2.24) is 0 Å². The Morgan fingerprint density at radius 3 is 2.43 bits per heavy atom. The molecule has 4 rings (SSSR count). The van der Waals surface area contributed by atoms with Gasteiger partial charge in [0.1, 0.15) is 0 Å². The molecule has 1 unspecified atom stereocenters. The zero-order valence-electron chi connectivity index (χ0n) is 20.5. The van der Waals surface area contributed by atoms with E-state index in [1.165, 1.54) is 38.5 Å². The maximum Gasteiger partial charge on any atom is 0.0543 e. The number of allylic oxidation sites excluding steroid dienone is 2. The van der Waals surface area contributed by atoms with E-state index >= 15 is 0 Å². The Morgan fingerprint density at radius 2 is 1.70 bits per heavy atom. The Balaban J connectivity index is 1.51. The van der Waals surface area contributed by atoms with E-state index in [0.717, 1.165) is 42.9 Å². The molecule has 9 atom stereocenters. The van der Waals surface area contributed by atoms with E-state index in [0.29, 0.717) is 28.6 Å². The van der Waals surface area contributed by atoms with Crippen LogP contribution < -0.4 is 0 Å². The zero-order valence-corrected chi connectivity index (χ0v) is 20.5. The molecule has 1 nitrogen and oxygen atoms in total. The number of hydrogen-bond acceptors (Lipinski definition) is 1. The molecule has 0 aromatic carbocycles. The lowest BCUT2D eigenvalue weighted by Crippen LogP contribution is -2.49. The largest absolute Gasteiger partial charge is 0.393 e. The van der Waals surface area contributed by atoms with Crippen LogP contribution in [0.5, 0.6) is 0 Å². The van der Waals surface area contributed by atoms with E-state index in [1.54, 1.807) is 0 Å². The zero-order chi connectivity index (χ0) is 21.7. The molecule has 0 amide bonds. The van der Waals surface area contributed by atoms with E-state index in [1.807, 2.05) is 5.57 Å². The maximum atomic E-state index is 10.2. The van der Waals surface area contributed by atoms with Gasteiger partial charge < -0.3 is 5.11 Å². The van der Waals surface area contributed by atoms with Gasteiger partial charge in [0, 0.05) is 12.3 Å². The van der Waals surface area contributed by atoms with Crippen LogP contribution in [0.2, 0.25) is 0 Å². The molecule has 0 aliphatic heterocycles. The molecule has 3 saturated carbocycles. The van der Waals surface area contributed by atoms with Crippen LogP contribution in [-0.2, 0) is 0 Å². The summed E-state index contributed by atoms with van der Waals surface area (Å²) >= 11 is 0. The van der Waals surface area contributed by atoms with Gasteiger partial charge in [-0.1, -0.05) is 59.1 Å². The van der Waals surface area contributed by atoms with Crippen molar-refractivity contribution in [3.8, 4) is 11.8 Å². The first-order valence-corrected chi connectivity index (χ1v) is 13.0. The Kier molecular flexibility index (Phi) is 6.22. The van der Waals surface area contributed by atoms with E-state index in [9.17, 15) is 5.11 Å². The van der Waals surface area contributed by atoms with Crippen LogP contribution in [0.4, 0.5) is 0 Å². The predicted octanol–water partition coefficient (Wildman–Crippen LogP) is 7.25. The molecule has 0 bridgehead atoms. The van der Waals surface area contributed by atoms with Crippen molar-refractivity contribution in [3.63, 3.8) is 0 Å². The first-order valence-electron chi connectivity index (χ1n) is 13.0. The van der Waals surface area contributed by atoms with Gasteiger partial charge in [0.25, 0.3) is 0 Å². The average molecular weight is 411 g/mol. The van der Waals surface area contributed by atoms with Gasteiger partial charge >= 0.3 is 0 Å². The smallest absolute Gasteiger partial charge is 0.0543 e. The number of rotatable bonds is 3. The van der Waals surface area contributed by atoms with Crippen LogP contribution >= 0.6 is 0 Å². The summed E-state index contributed by atoms with van der Waals surface area (Å²) in [4.78, 5) is 0. The van der Waals surface area contributed by atoms with Crippen LogP contribution in [0, 0.1) is 64.1 Å². The lowest BCUT2D eigenvalue weighted by Gasteiger charge is -2.57. The first kappa shape index (κ1) is 22.5. The lowest BCUT2D eigenvalue weighted by atomic mass is 9.47. The van der Waals surface area contributed by atoms with Gasteiger partial charge in [-0.05, 0) is 97.7 Å². The topological polar surface area (TPSA) is 20.2 Å². The molecule has 3 fully saturated rings. The van der Waals surface area contributed by atoms with Crippen LogP contribution in [0.15, 0.2) is 11.6 Å². The number of aliphatic hydroxyl groups excluding tert-OH is 1. The van der Waals surface area contributed by atoms with E-state index in [2.05, 4.69) is 59.5 Å². The van der Waals surface area contributed by atoms with Gasteiger partial charge in [-0.15, -0.1) is 5.92 Å². The number of hydrogen-bond donors (Lipinski definition) is 1. The summed E-state index contributed by atoms with van der Waals surface area (Å²) in [7, 11) is 0. The van der Waals surface area contributed by atoms with Crippen LogP contribution in [0.3, 0.4) is 0 Å². The minimum absolute atomic E-state index is 0.0550. The molecule has 168 valence electrons. The van der Waals surface area contributed by atoms with Crippen molar-refractivity contribution < 1.29 is 5.11 Å². The van der Waals surface area contributed by atoms with Crippen LogP contribution in [0.1, 0.15) is 99.3 Å². The Bertz CT molecular complexity index is 722. The van der Waals surface area contributed by atoms with Crippen LogP contribution in [0.25, 0.3) is 0 Å². The highest BCUT2D eigenvalue weighted by molar-refractivity contribution is 5.28. The molecule has 0 heterocycles. The molecule has 0 radical (unpaired) electrons. The summed E-state index contributed by atoms with van der Waals surface area (Å²) < 4.78 is 0. The summed E-state index contributed by atoms with van der Waals surface area (Å²) in [6.45, 7) is 14.6. The molecule has 0 aromatic rings. The molecule has 0 spiro atoms. The van der Waals surface area contributed by atoms with E-state index in [-0.39, 0.29) is 6.10 Å². The van der Waals surface area contributed by atoms with Gasteiger partial charge in [-0.3, -0.25) is 0 Å². The Hall–Kier alpha value is -0.740. The van der Waals surface area contributed by atoms with Gasteiger partial charge in [-0.2, -0.15) is 0 Å². The fourth-order valence-corrected chi connectivity index (χ4v) is 8.07. The van der Waals surface area contributed by atoms with Crippen molar-refractivity contribution in [3.05, 3.63) is 11.6 Å². The molecule has 0 aromatic heterocycles. The van der Waals surface area contributed by atoms with Gasteiger partial charge in [0.15, 0.2) is 0 Å².